The predicted octanol–water partition coefficient (Wildman–Crippen LogP) is 7.12. The maximum Gasteiger partial charge on any atom is 0.335 e. The van der Waals surface area contributed by atoms with E-state index in [2.05, 4.69) is 4.85 Å². The first-order valence-electron chi connectivity index (χ1n) is 12.8. The first kappa shape index (κ1) is 27.8. The molecule has 0 aliphatic heterocycles. The number of carbonyl (C=O) groups is 1. The van der Waals surface area contributed by atoms with Gasteiger partial charge in [-0.15, -0.1) is 0 Å². The number of carboxylic acid groups (broad SMARTS) is 1. The summed E-state index contributed by atoms with van der Waals surface area (Å²) >= 11 is 1.18. The summed E-state index contributed by atoms with van der Waals surface area (Å²) in [6, 6.07) is 20.7. The van der Waals surface area contributed by atoms with E-state index < -0.39 is 27.4 Å². The standard InChI is InChI=1S/C32H20FN3O5S2/c1-19-6-9-24(10-7-19)43(40,41)36-27-11-8-22(33)18-26(27)29(25-13-15-42-31(25)34-2)30(36)20-4-3-5-23(16-20)35-14-12-21(32(38)39)17-28(35)37/h3-18H,1H3,(H,38,39). The molecule has 43 heavy (non-hydrogen) atoms. The highest BCUT2D eigenvalue weighted by Crippen LogP contribution is 2.47. The number of thiophene rings is 1. The van der Waals surface area contributed by atoms with Crippen LogP contribution < -0.4 is 5.56 Å². The number of aryl methyl sites for hydroxylation is 1. The van der Waals surface area contributed by atoms with Crippen LogP contribution in [-0.4, -0.2) is 28.0 Å². The maximum absolute atomic E-state index is 14.8. The number of carboxylic acids is 1. The van der Waals surface area contributed by atoms with Crippen molar-refractivity contribution in [1.82, 2.24) is 8.54 Å². The molecule has 0 amide bonds. The number of aromatic carboxylic acids is 1. The van der Waals surface area contributed by atoms with Crippen molar-refractivity contribution in [3.8, 4) is 28.1 Å². The Labute approximate surface area is 249 Å². The molecule has 0 bridgehead atoms. The zero-order valence-corrected chi connectivity index (χ0v) is 24.0. The summed E-state index contributed by atoms with van der Waals surface area (Å²) < 4.78 is 45.9. The third-order valence-electron chi connectivity index (χ3n) is 7.03. The van der Waals surface area contributed by atoms with Gasteiger partial charge in [0, 0.05) is 40.0 Å². The van der Waals surface area contributed by atoms with E-state index in [9.17, 15) is 27.5 Å². The molecule has 6 aromatic rings. The molecule has 3 heterocycles. The number of pyridine rings is 1. The van der Waals surface area contributed by atoms with Crippen LogP contribution in [-0.2, 0) is 10.0 Å². The van der Waals surface area contributed by atoms with Crippen molar-refractivity contribution in [2.45, 2.75) is 11.8 Å². The normalized spacial score (nSPS) is 11.5. The van der Waals surface area contributed by atoms with Crippen molar-refractivity contribution >= 4 is 43.2 Å². The first-order valence-corrected chi connectivity index (χ1v) is 15.1. The summed E-state index contributed by atoms with van der Waals surface area (Å²) in [5.74, 6) is -1.82. The number of hydrogen-bond acceptors (Lipinski definition) is 5. The number of rotatable bonds is 6. The first-order chi connectivity index (χ1) is 20.6. The fourth-order valence-electron chi connectivity index (χ4n) is 5.04. The molecule has 3 aromatic carbocycles. The van der Waals surface area contributed by atoms with Crippen LogP contribution in [0.3, 0.4) is 0 Å². The van der Waals surface area contributed by atoms with Gasteiger partial charge in [0.2, 0.25) is 5.00 Å². The number of halogens is 1. The monoisotopic (exact) mass is 609 g/mol. The van der Waals surface area contributed by atoms with Gasteiger partial charge in [0.25, 0.3) is 15.6 Å². The quantitative estimate of drug-likeness (QED) is 0.203. The molecule has 0 spiro atoms. The van der Waals surface area contributed by atoms with Crippen LogP contribution in [0.25, 0.3) is 43.8 Å². The average Bonchev–Trinajstić information content (AvgIpc) is 3.59. The van der Waals surface area contributed by atoms with E-state index in [-0.39, 0.29) is 21.7 Å². The van der Waals surface area contributed by atoms with Crippen molar-refractivity contribution in [1.29, 1.82) is 0 Å². The Morgan fingerprint density at radius 2 is 1.77 bits per heavy atom. The molecule has 0 saturated carbocycles. The van der Waals surface area contributed by atoms with Gasteiger partial charge < -0.3 is 5.11 Å². The molecule has 0 aliphatic carbocycles. The number of nitrogens with zero attached hydrogens (tertiary/aromatic N) is 3. The van der Waals surface area contributed by atoms with Gasteiger partial charge in [-0.1, -0.05) is 35.9 Å². The zero-order valence-electron chi connectivity index (χ0n) is 22.4. The number of hydrogen-bond donors (Lipinski definition) is 1. The van der Waals surface area contributed by atoms with Gasteiger partial charge in [0.05, 0.1) is 28.2 Å². The lowest BCUT2D eigenvalue weighted by atomic mass is 9.99. The molecule has 0 aliphatic rings. The van der Waals surface area contributed by atoms with Gasteiger partial charge in [0.1, 0.15) is 5.82 Å². The Bertz CT molecular complexity index is 2290. The van der Waals surface area contributed by atoms with Gasteiger partial charge in [-0.2, -0.15) is 11.3 Å². The lowest BCUT2D eigenvalue weighted by Crippen LogP contribution is -2.18. The van der Waals surface area contributed by atoms with Crippen molar-refractivity contribution in [2.24, 2.45) is 0 Å². The van der Waals surface area contributed by atoms with Crippen molar-refractivity contribution in [3.63, 3.8) is 0 Å². The highest BCUT2D eigenvalue weighted by atomic mass is 32.2. The Balaban J connectivity index is 1.73. The Morgan fingerprint density at radius 1 is 1.00 bits per heavy atom. The lowest BCUT2D eigenvalue weighted by molar-refractivity contribution is 0.0696. The van der Waals surface area contributed by atoms with Gasteiger partial charge in [-0.25, -0.2) is 26.4 Å². The molecule has 0 unspecified atom stereocenters. The van der Waals surface area contributed by atoms with E-state index in [1.165, 1.54) is 58.5 Å². The number of benzene rings is 3. The highest BCUT2D eigenvalue weighted by Gasteiger charge is 2.30. The van der Waals surface area contributed by atoms with Crippen molar-refractivity contribution in [2.75, 3.05) is 0 Å². The van der Waals surface area contributed by atoms with Crippen LogP contribution in [0.2, 0.25) is 0 Å². The second-order valence-electron chi connectivity index (χ2n) is 9.70. The predicted molar refractivity (Wildman–Crippen MR) is 163 cm³/mol. The Kier molecular flexibility index (Phi) is 6.80. The molecule has 11 heteroatoms. The van der Waals surface area contributed by atoms with Crippen molar-refractivity contribution in [3.05, 3.63) is 135 Å². The van der Waals surface area contributed by atoms with E-state index in [1.54, 1.807) is 47.8 Å². The van der Waals surface area contributed by atoms with Crippen LogP contribution in [0.15, 0.2) is 106 Å². The van der Waals surface area contributed by atoms with Crippen LogP contribution in [0.1, 0.15) is 15.9 Å². The summed E-state index contributed by atoms with van der Waals surface area (Å²) in [5, 5.41) is 11.6. The second kappa shape index (κ2) is 10.5. The average molecular weight is 610 g/mol. The fourth-order valence-corrected chi connectivity index (χ4v) is 7.27. The van der Waals surface area contributed by atoms with E-state index in [4.69, 9.17) is 6.57 Å². The van der Waals surface area contributed by atoms with Crippen LogP contribution in [0, 0.1) is 19.3 Å². The fraction of sp³-hybridized carbons (Fsp3) is 0.0312. The summed E-state index contributed by atoms with van der Waals surface area (Å²) in [5.41, 5.74) is 2.00. The molecule has 0 atom stereocenters. The summed E-state index contributed by atoms with van der Waals surface area (Å²) in [4.78, 5) is 27.9. The minimum atomic E-state index is -4.28. The molecule has 212 valence electrons. The molecule has 6 rings (SSSR count). The van der Waals surface area contributed by atoms with Crippen LogP contribution in [0.4, 0.5) is 9.39 Å². The largest absolute Gasteiger partial charge is 0.478 e. The molecule has 8 nitrogen and oxygen atoms in total. The second-order valence-corrected chi connectivity index (χ2v) is 12.4. The molecular weight excluding hydrogens is 590 g/mol. The Hall–Kier alpha value is -5.31. The molecule has 0 saturated heterocycles. The molecular formula is C32H20FN3O5S2. The van der Waals surface area contributed by atoms with Crippen LogP contribution in [0.5, 0.6) is 0 Å². The minimum absolute atomic E-state index is 0.0134. The number of aromatic nitrogens is 2. The van der Waals surface area contributed by atoms with E-state index in [0.29, 0.717) is 32.8 Å². The minimum Gasteiger partial charge on any atom is -0.478 e. The lowest BCUT2D eigenvalue weighted by Gasteiger charge is -2.15. The highest BCUT2D eigenvalue weighted by molar-refractivity contribution is 7.90. The van der Waals surface area contributed by atoms with Crippen LogP contribution >= 0.6 is 11.3 Å². The zero-order chi connectivity index (χ0) is 30.5. The molecule has 1 N–H and O–H groups in total. The summed E-state index contributed by atoms with van der Waals surface area (Å²) in [7, 11) is -4.28. The van der Waals surface area contributed by atoms with E-state index in [1.807, 2.05) is 6.92 Å². The summed E-state index contributed by atoms with van der Waals surface area (Å²) in [6.45, 7) is 9.57. The van der Waals surface area contributed by atoms with Gasteiger partial charge in [0.15, 0.2) is 0 Å². The maximum atomic E-state index is 14.8. The van der Waals surface area contributed by atoms with Crippen molar-refractivity contribution < 1.29 is 22.7 Å². The molecule has 0 radical (unpaired) electrons. The van der Waals surface area contributed by atoms with Gasteiger partial charge in [-0.3, -0.25) is 9.36 Å². The smallest absolute Gasteiger partial charge is 0.335 e. The third kappa shape index (κ3) is 4.72. The Morgan fingerprint density at radius 3 is 2.47 bits per heavy atom. The molecule has 3 aromatic heterocycles. The van der Waals surface area contributed by atoms with Gasteiger partial charge >= 0.3 is 5.97 Å². The van der Waals surface area contributed by atoms with E-state index in [0.717, 1.165) is 15.6 Å². The number of fused-ring (bicyclic) bond motifs is 1. The third-order valence-corrected chi connectivity index (χ3v) is 9.56. The SMILES string of the molecule is [C-]#[N+]c1sccc1-c1c(-c2cccc(-n3ccc(C(=O)O)cc3=O)c2)n(S(=O)(=O)c2ccc(C)cc2)c2ccc(F)cc12. The van der Waals surface area contributed by atoms with E-state index >= 15 is 0 Å². The van der Waals surface area contributed by atoms with Gasteiger partial charge in [-0.05, 0) is 60.8 Å². The summed E-state index contributed by atoms with van der Waals surface area (Å²) in [6.07, 6.45) is 1.33. The topological polar surface area (TPSA) is 103 Å². The molecule has 0 fully saturated rings.